The predicted octanol–water partition coefficient (Wildman–Crippen LogP) is 2.71. The molecule has 0 bridgehead atoms. The summed E-state index contributed by atoms with van der Waals surface area (Å²) in [7, 11) is 0. The van der Waals surface area contributed by atoms with Gasteiger partial charge >= 0.3 is 0 Å². The van der Waals surface area contributed by atoms with Crippen molar-refractivity contribution in [3.63, 3.8) is 0 Å². The van der Waals surface area contributed by atoms with Crippen LogP contribution in [0.25, 0.3) is 0 Å². The summed E-state index contributed by atoms with van der Waals surface area (Å²) in [5.41, 5.74) is 1.01. The van der Waals surface area contributed by atoms with E-state index in [1.165, 1.54) is 0 Å². The average molecular weight is 312 g/mol. The topological polar surface area (TPSA) is 76.1 Å². The molecular formula is C17H20N4O2. The number of carbonyl (C=O) groups is 1. The van der Waals surface area contributed by atoms with Crippen molar-refractivity contribution in [2.45, 2.75) is 31.9 Å². The highest BCUT2D eigenvalue weighted by Crippen LogP contribution is 2.18. The Labute approximate surface area is 135 Å². The Balaban J connectivity index is 1.59. The van der Waals surface area contributed by atoms with Crippen molar-refractivity contribution in [2.24, 2.45) is 0 Å². The van der Waals surface area contributed by atoms with Crippen LogP contribution in [0.3, 0.4) is 0 Å². The second-order valence-corrected chi connectivity index (χ2v) is 5.61. The van der Waals surface area contributed by atoms with E-state index in [4.69, 9.17) is 4.74 Å². The molecule has 3 rings (SSSR count). The molecule has 2 heterocycles. The molecule has 1 aliphatic rings. The third-order valence-corrected chi connectivity index (χ3v) is 3.83. The standard InChI is InChI=1S/C17H20N4O2/c1-12(15-8-5-11-23-15)18-16-10-9-14(20-21-16)17(22)19-13-6-3-2-4-7-13/h2-4,6-7,9-10,12,15H,5,8,11H2,1H3,(H,18,21)(H,19,22)/t12-,15+/m1/s1. The number of ether oxygens (including phenoxy) is 1. The van der Waals surface area contributed by atoms with Crippen LogP contribution in [0.2, 0.25) is 0 Å². The smallest absolute Gasteiger partial charge is 0.276 e. The van der Waals surface area contributed by atoms with Gasteiger partial charge < -0.3 is 15.4 Å². The van der Waals surface area contributed by atoms with Gasteiger partial charge in [0, 0.05) is 12.3 Å². The van der Waals surface area contributed by atoms with E-state index in [0.717, 1.165) is 25.1 Å². The van der Waals surface area contributed by atoms with E-state index in [-0.39, 0.29) is 23.7 Å². The summed E-state index contributed by atoms with van der Waals surface area (Å²) in [4.78, 5) is 12.1. The number of rotatable bonds is 5. The molecule has 0 spiro atoms. The van der Waals surface area contributed by atoms with E-state index in [9.17, 15) is 4.79 Å². The van der Waals surface area contributed by atoms with Crippen molar-refractivity contribution in [3.05, 3.63) is 48.2 Å². The molecule has 0 aliphatic carbocycles. The summed E-state index contributed by atoms with van der Waals surface area (Å²) in [5, 5.41) is 14.1. The molecule has 2 aromatic rings. The van der Waals surface area contributed by atoms with Gasteiger partial charge in [-0.05, 0) is 44.0 Å². The van der Waals surface area contributed by atoms with Gasteiger partial charge in [0.05, 0.1) is 12.1 Å². The molecule has 0 saturated carbocycles. The number of amides is 1. The van der Waals surface area contributed by atoms with Crippen LogP contribution in [0.4, 0.5) is 11.5 Å². The van der Waals surface area contributed by atoms with Gasteiger partial charge in [0.15, 0.2) is 5.69 Å². The second-order valence-electron chi connectivity index (χ2n) is 5.61. The molecule has 6 heteroatoms. The fourth-order valence-electron chi connectivity index (χ4n) is 2.57. The molecule has 2 atom stereocenters. The molecule has 1 amide bonds. The SMILES string of the molecule is C[C@@H](Nc1ccc(C(=O)Nc2ccccc2)nn1)[C@@H]1CCCO1. The molecule has 2 N–H and O–H groups in total. The number of para-hydroxylation sites is 1. The van der Waals surface area contributed by atoms with Crippen LogP contribution in [0.15, 0.2) is 42.5 Å². The molecule has 1 fully saturated rings. The van der Waals surface area contributed by atoms with Gasteiger partial charge in [-0.3, -0.25) is 4.79 Å². The summed E-state index contributed by atoms with van der Waals surface area (Å²) < 4.78 is 5.64. The highest BCUT2D eigenvalue weighted by molar-refractivity contribution is 6.02. The Bertz CT molecular complexity index is 639. The van der Waals surface area contributed by atoms with Crippen LogP contribution in [0, 0.1) is 0 Å². The van der Waals surface area contributed by atoms with Crippen LogP contribution in [-0.4, -0.2) is 34.9 Å². The molecule has 1 saturated heterocycles. The highest BCUT2D eigenvalue weighted by atomic mass is 16.5. The molecule has 1 aromatic carbocycles. The maximum atomic E-state index is 12.1. The number of benzene rings is 1. The quantitative estimate of drug-likeness (QED) is 0.888. The van der Waals surface area contributed by atoms with Gasteiger partial charge in [-0.15, -0.1) is 10.2 Å². The van der Waals surface area contributed by atoms with Crippen LogP contribution >= 0.6 is 0 Å². The Morgan fingerprint density at radius 1 is 1.22 bits per heavy atom. The van der Waals surface area contributed by atoms with Crippen LogP contribution in [0.1, 0.15) is 30.3 Å². The van der Waals surface area contributed by atoms with E-state index in [1.807, 2.05) is 30.3 Å². The number of aromatic nitrogens is 2. The Hall–Kier alpha value is -2.47. The van der Waals surface area contributed by atoms with Gasteiger partial charge in [-0.2, -0.15) is 0 Å². The Morgan fingerprint density at radius 2 is 2.04 bits per heavy atom. The van der Waals surface area contributed by atoms with Crippen LogP contribution in [0.5, 0.6) is 0 Å². The lowest BCUT2D eigenvalue weighted by molar-refractivity contribution is 0.0994. The second kappa shape index (κ2) is 7.19. The molecule has 120 valence electrons. The number of nitrogens with one attached hydrogen (secondary N) is 2. The molecular weight excluding hydrogens is 292 g/mol. The number of hydrogen-bond acceptors (Lipinski definition) is 5. The van der Waals surface area contributed by atoms with Gasteiger partial charge in [-0.25, -0.2) is 0 Å². The first-order chi connectivity index (χ1) is 11.2. The molecule has 0 unspecified atom stereocenters. The predicted molar refractivity (Wildman–Crippen MR) is 88.5 cm³/mol. The lowest BCUT2D eigenvalue weighted by Crippen LogP contribution is -2.30. The van der Waals surface area contributed by atoms with Crippen molar-refractivity contribution in [3.8, 4) is 0 Å². The Morgan fingerprint density at radius 3 is 2.70 bits per heavy atom. The fourth-order valence-corrected chi connectivity index (χ4v) is 2.57. The first-order valence-electron chi connectivity index (χ1n) is 7.80. The van der Waals surface area contributed by atoms with E-state index in [0.29, 0.717) is 5.82 Å². The minimum atomic E-state index is -0.276. The molecule has 23 heavy (non-hydrogen) atoms. The largest absolute Gasteiger partial charge is 0.376 e. The minimum Gasteiger partial charge on any atom is -0.376 e. The summed E-state index contributed by atoms with van der Waals surface area (Å²) in [6, 6.07) is 12.9. The summed E-state index contributed by atoms with van der Waals surface area (Å²) >= 11 is 0. The third kappa shape index (κ3) is 4.04. The zero-order valence-electron chi connectivity index (χ0n) is 13.0. The van der Waals surface area contributed by atoms with E-state index in [1.54, 1.807) is 12.1 Å². The first-order valence-corrected chi connectivity index (χ1v) is 7.80. The summed E-state index contributed by atoms with van der Waals surface area (Å²) in [6.07, 6.45) is 2.36. The maximum Gasteiger partial charge on any atom is 0.276 e. The number of nitrogens with zero attached hydrogens (tertiary/aromatic N) is 2. The minimum absolute atomic E-state index is 0.163. The lowest BCUT2D eigenvalue weighted by atomic mass is 10.1. The van der Waals surface area contributed by atoms with Gasteiger partial charge in [0.1, 0.15) is 5.82 Å². The zero-order chi connectivity index (χ0) is 16.1. The van der Waals surface area contributed by atoms with Crippen LogP contribution in [-0.2, 0) is 4.74 Å². The average Bonchev–Trinajstić information content (AvgIpc) is 3.11. The van der Waals surface area contributed by atoms with E-state index in [2.05, 4.69) is 27.8 Å². The molecule has 6 nitrogen and oxygen atoms in total. The summed E-state index contributed by atoms with van der Waals surface area (Å²) in [5.74, 6) is 0.367. The van der Waals surface area contributed by atoms with Gasteiger partial charge in [0.25, 0.3) is 5.91 Å². The van der Waals surface area contributed by atoms with Crippen LogP contribution < -0.4 is 10.6 Å². The van der Waals surface area contributed by atoms with E-state index >= 15 is 0 Å². The number of anilines is 2. The highest BCUT2D eigenvalue weighted by Gasteiger charge is 2.22. The monoisotopic (exact) mass is 312 g/mol. The molecule has 1 aromatic heterocycles. The third-order valence-electron chi connectivity index (χ3n) is 3.83. The molecule has 1 aliphatic heterocycles. The number of carbonyl (C=O) groups excluding carboxylic acids is 1. The Kier molecular flexibility index (Phi) is 4.83. The summed E-state index contributed by atoms with van der Waals surface area (Å²) in [6.45, 7) is 2.88. The van der Waals surface area contributed by atoms with Crippen molar-refractivity contribution < 1.29 is 9.53 Å². The van der Waals surface area contributed by atoms with Crippen molar-refractivity contribution >= 4 is 17.4 Å². The van der Waals surface area contributed by atoms with E-state index < -0.39 is 0 Å². The molecule has 0 radical (unpaired) electrons. The normalized spacial score (nSPS) is 18.4. The fraction of sp³-hybridized carbons (Fsp3) is 0.353. The van der Waals surface area contributed by atoms with Crippen molar-refractivity contribution in [1.82, 2.24) is 10.2 Å². The zero-order valence-corrected chi connectivity index (χ0v) is 13.0. The van der Waals surface area contributed by atoms with Crippen molar-refractivity contribution in [2.75, 3.05) is 17.2 Å². The van der Waals surface area contributed by atoms with Gasteiger partial charge in [-0.1, -0.05) is 18.2 Å². The maximum absolute atomic E-state index is 12.1. The number of hydrogen-bond donors (Lipinski definition) is 2. The van der Waals surface area contributed by atoms with Gasteiger partial charge in [0.2, 0.25) is 0 Å². The lowest BCUT2D eigenvalue weighted by Gasteiger charge is -2.20. The van der Waals surface area contributed by atoms with Crippen molar-refractivity contribution in [1.29, 1.82) is 0 Å². The first kappa shape index (κ1) is 15.4.